The lowest BCUT2D eigenvalue weighted by Crippen LogP contribution is -2.68. The molecule has 10 heteroatoms. The zero-order chi connectivity index (χ0) is 22.9. The molecule has 0 spiro atoms. The van der Waals surface area contributed by atoms with Gasteiger partial charge in [0.15, 0.2) is 6.10 Å². The second kappa shape index (κ2) is 8.80. The molecule has 3 aromatic rings. The van der Waals surface area contributed by atoms with Crippen LogP contribution in [0.15, 0.2) is 71.9 Å². The Balaban J connectivity index is 1.52. The standard InChI is InChI=1S/C23H22N6O3S/c1-14-25-26-27-28(14)12-17-13-33-22-18(24)21(30)29(22)19(17)23(31)32-20(15-8-4-2-5-9-15)16-10-6-3-7-11-16/h2-11,18,20,22H,12-13,24H2,1H3/t18?,22-/m1/s1. The number of benzene rings is 2. The number of aromatic nitrogens is 4. The van der Waals surface area contributed by atoms with Gasteiger partial charge in [-0.05, 0) is 34.1 Å². The quantitative estimate of drug-likeness (QED) is 0.436. The fourth-order valence-electron chi connectivity index (χ4n) is 4.01. The number of carbonyl (C=O) groups excluding carboxylic acids is 2. The van der Waals surface area contributed by atoms with Gasteiger partial charge in [0.2, 0.25) is 5.91 Å². The highest BCUT2D eigenvalue weighted by Crippen LogP contribution is 2.41. The van der Waals surface area contributed by atoms with E-state index in [-0.39, 0.29) is 23.5 Å². The van der Waals surface area contributed by atoms with Gasteiger partial charge in [-0.1, -0.05) is 60.7 Å². The largest absolute Gasteiger partial charge is 0.448 e. The molecule has 2 atom stereocenters. The maximum absolute atomic E-state index is 13.6. The summed E-state index contributed by atoms with van der Waals surface area (Å²) in [6.45, 7) is 2.06. The van der Waals surface area contributed by atoms with Crippen molar-refractivity contribution in [3.8, 4) is 0 Å². The van der Waals surface area contributed by atoms with E-state index in [1.165, 1.54) is 16.7 Å². The van der Waals surface area contributed by atoms with Crippen molar-refractivity contribution in [1.29, 1.82) is 0 Å². The van der Waals surface area contributed by atoms with Crippen LogP contribution in [-0.4, -0.2) is 54.2 Å². The molecule has 9 nitrogen and oxygen atoms in total. The Morgan fingerprint density at radius 1 is 1.15 bits per heavy atom. The second-order valence-corrected chi connectivity index (χ2v) is 8.98. The van der Waals surface area contributed by atoms with Crippen LogP contribution in [0.4, 0.5) is 0 Å². The summed E-state index contributed by atoms with van der Waals surface area (Å²) in [5, 5.41) is 11.3. The van der Waals surface area contributed by atoms with Gasteiger partial charge in [0.1, 0.15) is 22.9 Å². The van der Waals surface area contributed by atoms with Crippen LogP contribution in [-0.2, 0) is 20.9 Å². The Bertz CT molecular complexity index is 1170. The van der Waals surface area contributed by atoms with Gasteiger partial charge in [-0.25, -0.2) is 9.48 Å². The molecule has 33 heavy (non-hydrogen) atoms. The molecular formula is C23H22N6O3S. The maximum Gasteiger partial charge on any atom is 0.356 e. The summed E-state index contributed by atoms with van der Waals surface area (Å²) < 4.78 is 7.67. The highest BCUT2D eigenvalue weighted by atomic mass is 32.2. The van der Waals surface area contributed by atoms with Crippen molar-refractivity contribution in [3.63, 3.8) is 0 Å². The van der Waals surface area contributed by atoms with Crippen molar-refractivity contribution in [2.45, 2.75) is 31.0 Å². The molecule has 0 aliphatic carbocycles. The van der Waals surface area contributed by atoms with E-state index in [1.54, 1.807) is 11.6 Å². The van der Waals surface area contributed by atoms with E-state index in [2.05, 4.69) is 15.5 Å². The molecule has 1 amide bonds. The minimum absolute atomic E-state index is 0.234. The van der Waals surface area contributed by atoms with Crippen molar-refractivity contribution in [3.05, 3.63) is 88.9 Å². The molecular weight excluding hydrogens is 440 g/mol. The van der Waals surface area contributed by atoms with Gasteiger partial charge < -0.3 is 10.5 Å². The number of rotatable bonds is 6. The minimum Gasteiger partial charge on any atom is -0.448 e. The Morgan fingerprint density at radius 3 is 2.36 bits per heavy atom. The monoisotopic (exact) mass is 462 g/mol. The highest BCUT2D eigenvalue weighted by molar-refractivity contribution is 8.00. The number of nitrogens with zero attached hydrogens (tertiary/aromatic N) is 5. The molecule has 1 saturated heterocycles. The van der Waals surface area contributed by atoms with Crippen LogP contribution < -0.4 is 5.73 Å². The molecule has 2 aliphatic rings. The Hall–Kier alpha value is -3.50. The predicted octanol–water partition coefficient (Wildman–Crippen LogP) is 1.81. The molecule has 5 rings (SSSR count). The topological polar surface area (TPSA) is 116 Å². The third-order valence-electron chi connectivity index (χ3n) is 5.76. The van der Waals surface area contributed by atoms with Crippen LogP contribution in [0.25, 0.3) is 0 Å². The third-order valence-corrected chi connectivity index (χ3v) is 7.12. The number of tetrazole rings is 1. The smallest absolute Gasteiger partial charge is 0.356 e. The number of nitrogens with two attached hydrogens (primary N) is 1. The third kappa shape index (κ3) is 3.91. The number of esters is 1. The van der Waals surface area contributed by atoms with Crippen molar-refractivity contribution < 1.29 is 14.3 Å². The van der Waals surface area contributed by atoms with E-state index in [1.807, 2.05) is 60.7 Å². The first-order valence-corrected chi connectivity index (χ1v) is 11.6. The zero-order valence-corrected chi connectivity index (χ0v) is 18.7. The van der Waals surface area contributed by atoms with Crippen LogP contribution >= 0.6 is 11.8 Å². The molecule has 0 radical (unpaired) electrons. The van der Waals surface area contributed by atoms with Crippen LogP contribution in [0, 0.1) is 6.92 Å². The molecule has 2 N–H and O–H groups in total. The average Bonchev–Trinajstić information content (AvgIpc) is 3.26. The number of amides is 1. The molecule has 1 unspecified atom stereocenters. The highest BCUT2D eigenvalue weighted by Gasteiger charge is 2.52. The fourth-order valence-corrected chi connectivity index (χ4v) is 5.30. The minimum atomic E-state index is -0.631. The summed E-state index contributed by atoms with van der Waals surface area (Å²) in [6.07, 6.45) is -0.624. The van der Waals surface area contributed by atoms with E-state index < -0.39 is 18.1 Å². The lowest BCUT2D eigenvalue weighted by atomic mass is 10.0. The predicted molar refractivity (Wildman–Crippen MR) is 121 cm³/mol. The van der Waals surface area contributed by atoms with E-state index >= 15 is 0 Å². The Kier molecular flexibility index (Phi) is 5.69. The molecule has 168 valence electrons. The number of hydrogen-bond acceptors (Lipinski definition) is 8. The van der Waals surface area contributed by atoms with E-state index in [0.717, 1.165) is 16.7 Å². The SMILES string of the molecule is Cc1nnnn1CC1=C(C(=O)OC(c2ccccc2)c2ccccc2)N2C(=O)C(N)[C@H]2SC1. The summed E-state index contributed by atoms with van der Waals surface area (Å²) in [5.41, 5.74) is 8.63. The first-order valence-electron chi connectivity index (χ1n) is 10.5. The summed E-state index contributed by atoms with van der Waals surface area (Å²) in [5.74, 6) is 0.271. The molecule has 0 saturated carbocycles. The number of hydrogen-bond donors (Lipinski definition) is 1. The number of aryl methyl sites for hydroxylation is 1. The lowest BCUT2D eigenvalue weighted by molar-refractivity contribution is -0.153. The van der Waals surface area contributed by atoms with Crippen molar-refractivity contribution >= 4 is 23.6 Å². The lowest BCUT2D eigenvalue weighted by Gasteiger charge is -2.48. The first kappa shape index (κ1) is 21.4. The van der Waals surface area contributed by atoms with Crippen LogP contribution in [0.1, 0.15) is 23.1 Å². The number of ether oxygens (including phenoxy) is 1. The van der Waals surface area contributed by atoms with Crippen molar-refractivity contribution in [1.82, 2.24) is 25.1 Å². The van der Waals surface area contributed by atoms with Gasteiger partial charge >= 0.3 is 5.97 Å². The molecule has 2 aliphatic heterocycles. The first-order chi connectivity index (χ1) is 16.0. The molecule has 2 aromatic carbocycles. The number of carbonyl (C=O) groups is 2. The normalized spacial score (nSPS) is 20.0. The number of β-lactam (4-membered cyclic amide) rings is 1. The number of thioether (sulfide) groups is 1. The summed E-state index contributed by atoms with van der Waals surface area (Å²) in [6, 6.07) is 18.4. The summed E-state index contributed by atoms with van der Waals surface area (Å²) in [4.78, 5) is 27.7. The van der Waals surface area contributed by atoms with Gasteiger partial charge in [-0.2, -0.15) is 0 Å². The van der Waals surface area contributed by atoms with Gasteiger partial charge in [0, 0.05) is 5.75 Å². The Labute approximate surface area is 194 Å². The molecule has 3 heterocycles. The van der Waals surface area contributed by atoms with Crippen LogP contribution in [0.5, 0.6) is 0 Å². The fraction of sp³-hybridized carbons (Fsp3) is 0.261. The van der Waals surface area contributed by atoms with E-state index in [9.17, 15) is 9.59 Å². The van der Waals surface area contributed by atoms with Crippen LogP contribution in [0.3, 0.4) is 0 Å². The Morgan fingerprint density at radius 2 is 1.79 bits per heavy atom. The summed E-state index contributed by atoms with van der Waals surface area (Å²) in [7, 11) is 0. The van der Waals surface area contributed by atoms with Crippen molar-refractivity contribution in [2.24, 2.45) is 5.73 Å². The van der Waals surface area contributed by atoms with E-state index in [4.69, 9.17) is 10.5 Å². The maximum atomic E-state index is 13.6. The zero-order valence-electron chi connectivity index (χ0n) is 17.9. The number of fused-ring (bicyclic) bond motifs is 1. The van der Waals surface area contributed by atoms with Gasteiger partial charge in [0.25, 0.3) is 0 Å². The second-order valence-electron chi connectivity index (χ2n) is 7.88. The molecule has 1 aromatic heterocycles. The average molecular weight is 463 g/mol. The van der Waals surface area contributed by atoms with Gasteiger partial charge in [0.05, 0.1) is 6.54 Å². The molecule has 1 fully saturated rings. The van der Waals surface area contributed by atoms with E-state index in [0.29, 0.717) is 11.6 Å². The van der Waals surface area contributed by atoms with Gasteiger partial charge in [-0.3, -0.25) is 9.69 Å². The van der Waals surface area contributed by atoms with Gasteiger partial charge in [-0.15, -0.1) is 16.9 Å². The summed E-state index contributed by atoms with van der Waals surface area (Å²) >= 11 is 1.53. The van der Waals surface area contributed by atoms with Crippen molar-refractivity contribution in [2.75, 3.05) is 5.75 Å². The molecule has 0 bridgehead atoms. The van der Waals surface area contributed by atoms with Crippen LogP contribution in [0.2, 0.25) is 0 Å².